The van der Waals surface area contributed by atoms with Crippen LogP contribution in [0.25, 0.3) is 0 Å². The third kappa shape index (κ3) is 4.53. The smallest absolute Gasteiger partial charge is 0.237 e. The lowest BCUT2D eigenvalue weighted by Gasteiger charge is -2.27. The van der Waals surface area contributed by atoms with Crippen molar-refractivity contribution in [1.29, 1.82) is 0 Å². The average Bonchev–Trinajstić information content (AvgIpc) is 2.92. The summed E-state index contributed by atoms with van der Waals surface area (Å²) in [5.41, 5.74) is 2.22. The first kappa shape index (κ1) is 16.0. The van der Waals surface area contributed by atoms with Gasteiger partial charge in [-0.05, 0) is 50.9 Å². The van der Waals surface area contributed by atoms with Crippen molar-refractivity contribution >= 4 is 5.91 Å². The number of nitrogens with one attached hydrogen (secondary N) is 1. The maximum atomic E-state index is 12.5. The van der Waals surface area contributed by atoms with Crippen molar-refractivity contribution in [3.8, 4) is 0 Å². The van der Waals surface area contributed by atoms with E-state index in [0.29, 0.717) is 6.04 Å². The first-order chi connectivity index (χ1) is 10.1. The molecule has 1 N–H and O–H groups in total. The van der Waals surface area contributed by atoms with Crippen LogP contribution < -0.4 is 5.32 Å². The van der Waals surface area contributed by atoms with Gasteiger partial charge < -0.3 is 5.32 Å². The Balaban J connectivity index is 1.93. The average molecular weight is 289 g/mol. The molecule has 4 nitrogen and oxygen atoms in total. The van der Waals surface area contributed by atoms with E-state index in [1.54, 1.807) is 0 Å². The van der Waals surface area contributed by atoms with Gasteiger partial charge in [0.1, 0.15) is 0 Å². The number of aryl methyl sites for hydroxylation is 1. The van der Waals surface area contributed by atoms with E-state index < -0.39 is 0 Å². The van der Waals surface area contributed by atoms with Crippen LogP contribution in [0, 0.1) is 6.92 Å². The summed E-state index contributed by atoms with van der Waals surface area (Å²) in [5.74, 6) is 0.178. The van der Waals surface area contributed by atoms with Crippen LogP contribution in [-0.2, 0) is 11.3 Å². The minimum Gasteiger partial charge on any atom is -0.352 e. The number of aromatic nitrogens is 1. The highest BCUT2D eigenvalue weighted by Gasteiger charge is 2.25. The molecule has 1 amide bonds. The molecule has 0 aromatic carbocycles. The Kier molecular flexibility index (Phi) is 5.74. The lowest BCUT2D eigenvalue weighted by molar-refractivity contribution is -0.127. The molecule has 1 saturated carbocycles. The molecule has 0 bridgehead atoms. The molecule has 0 spiro atoms. The van der Waals surface area contributed by atoms with Gasteiger partial charge in [-0.3, -0.25) is 14.7 Å². The first-order valence-electron chi connectivity index (χ1n) is 8.02. The molecule has 1 unspecified atom stereocenters. The fraction of sp³-hybridized carbons (Fsp3) is 0.647. The van der Waals surface area contributed by atoms with Crippen molar-refractivity contribution in [2.24, 2.45) is 0 Å². The van der Waals surface area contributed by atoms with Crippen LogP contribution in [0.2, 0.25) is 0 Å². The van der Waals surface area contributed by atoms with Crippen molar-refractivity contribution in [1.82, 2.24) is 15.2 Å². The van der Waals surface area contributed by atoms with Gasteiger partial charge in [0, 0.05) is 24.5 Å². The fourth-order valence-electron chi connectivity index (χ4n) is 3.17. The predicted octanol–water partition coefficient (Wildman–Crippen LogP) is 2.66. The number of nitrogens with zero attached hydrogens (tertiary/aromatic N) is 2. The third-order valence-corrected chi connectivity index (χ3v) is 4.32. The summed E-state index contributed by atoms with van der Waals surface area (Å²) in [7, 11) is 2.03. The molecule has 21 heavy (non-hydrogen) atoms. The maximum absolute atomic E-state index is 12.5. The second-order valence-electron chi connectivity index (χ2n) is 6.13. The van der Waals surface area contributed by atoms with Crippen LogP contribution in [0.4, 0.5) is 0 Å². The molecule has 116 valence electrons. The monoisotopic (exact) mass is 289 g/mol. The lowest BCUT2D eigenvalue weighted by Crippen LogP contribution is -2.47. The molecule has 1 aromatic rings. The molecule has 1 fully saturated rings. The SMILES string of the molecule is CCC(C(=O)NC1CCCC1)N(C)Cc1ccnc(C)c1. The largest absolute Gasteiger partial charge is 0.352 e. The van der Waals surface area contributed by atoms with Crippen molar-refractivity contribution in [3.63, 3.8) is 0 Å². The van der Waals surface area contributed by atoms with Crippen molar-refractivity contribution in [3.05, 3.63) is 29.6 Å². The van der Waals surface area contributed by atoms with E-state index in [0.717, 1.165) is 31.5 Å². The second kappa shape index (κ2) is 7.55. The van der Waals surface area contributed by atoms with Crippen molar-refractivity contribution in [2.75, 3.05) is 7.05 Å². The van der Waals surface area contributed by atoms with E-state index in [9.17, 15) is 4.79 Å². The number of likely N-dealkylation sites (N-methyl/N-ethyl adjacent to an activating group) is 1. The summed E-state index contributed by atoms with van der Waals surface area (Å²) in [4.78, 5) is 18.8. The predicted molar refractivity (Wildman–Crippen MR) is 84.9 cm³/mol. The van der Waals surface area contributed by atoms with Crippen molar-refractivity contribution in [2.45, 2.75) is 64.6 Å². The zero-order valence-corrected chi connectivity index (χ0v) is 13.4. The van der Waals surface area contributed by atoms with Gasteiger partial charge in [0.05, 0.1) is 6.04 Å². The summed E-state index contributed by atoms with van der Waals surface area (Å²) in [6.45, 7) is 4.85. The van der Waals surface area contributed by atoms with Gasteiger partial charge in [0.2, 0.25) is 5.91 Å². The minimum absolute atomic E-state index is 0.0564. The van der Waals surface area contributed by atoms with Gasteiger partial charge in [0.25, 0.3) is 0 Å². The standard InChI is InChI=1S/C17H27N3O/c1-4-16(17(21)19-15-7-5-6-8-15)20(3)12-14-9-10-18-13(2)11-14/h9-11,15-16H,4-8,12H2,1-3H3,(H,19,21). The van der Waals surface area contributed by atoms with Gasteiger partial charge in [-0.1, -0.05) is 19.8 Å². The lowest BCUT2D eigenvalue weighted by atomic mass is 10.1. The number of hydrogen-bond donors (Lipinski definition) is 1. The van der Waals surface area contributed by atoms with E-state index in [-0.39, 0.29) is 11.9 Å². The number of pyridine rings is 1. The van der Waals surface area contributed by atoms with Gasteiger partial charge in [-0.2, -0.15) is 0 Å². The highest BCUT2D eigenvalue weighted by molar-refractivity contribution is 5.82. The Hall–Kier alpha value is -1.42. The van der Waals surface area contributed by atoms with Gasteiger partial charge in [-0.15, -0.1) is 0 Å². The van der Waals surface area contributed by atoms with E-state index in [1.165, 1.54) is 18.4 Å². The van der Waals surface area contributed by atoms with Crippen molar-refractivity contribution < 1.29 is 4.79 Å². The molecule has 4 heteroatoms. The Morgan fingerprint density at radius 1 is 1.48 bits per heavy atom. The Morgan fingerprint density at radius 2 is 2.19 bits per heavy atom. The maximum Gasteiger partial charge on any atom is 0.237 e. The van der Waals surface area contributed by atoms with Crippen LogP contribution in [0.15, 0.2) is 18.3 Å². The Labute approximate surface area is 127 Å². The van der Waals surface area contributed by atoms with Gasteiger partial charge >= 0.3 is 0 Å². The summed E-state index contributed by atoms with van der Waals surface area (Å²) >= 11 is 0. The van der Waals surface area contributed by atoms with E-state index in [4.69, 9.17) is 0 Å². The zero-order valence-electron chi connectivity index (χ0n) is 13.4. The van der Waals surface area contributed by atoms with E-state index in [2.05, 4.69) is 28.2 Å². The molecule has 1 heterocycles. The highest BCUT2D eigenvalue weighted by Crippen LogP contribution is 2.18. The van der Waals surface area contributed by atoms with Crippen LogP contribution >= 0.6 is 0 Å². The molecule has 1 atom stereocenters. The Bertz CT molecular complexity index is 469. The number of amides is 1. The summed E-state index contributed by atoms with van der Waals surface area (Å²) in [6, 6.07) is 4.44. The molecule has 0 saturated heterocycles. The highest BCUT2D eigenvalue weighted by atomic mass is 16.2. The molecular formula is C17H27N3O. The number of rotatable bonds is 6. The second-order valence-corrected chi connectivity index (χ2v) is 6.13. The molecule has 1 aliphatic carbocycles. The summed E-state index contributed by atoms with van der Waals surface area (Å²) in [6.07, 6.45) is 7.42. The molecule has 2 rings (SSSR count). The topological polar surface area (TPSA) is 45.2 Å². The Morgan fingerprint density at radius 3 is 2.81 bits per heavy atom. The molecular weight excluding hydrogens is 262 g/mol. The fourth-order valence-corrected chi connectivity index (χ4v) is 3.17. The van der Waals surface area contributed by atoms with E-state index in [1.807, 2.05) is 26.2 Å². The quantitative estimate of drug-likeness (QED) is 0.875. The van der Waals surface area contributed by atoms with Crippen LogP contribution in [0.1, 0.15) is 50.3 Å². The first-order valence-corrected chi connectivity index (χ1v) is 8.02. The normalized spacial score (nSPS) is 17.1. The summed E-state index contributed by atoms with van der Waals surface area (Å²) < 4.78 is 0. The van der Waals surface area contributed by atoms with E-state index >= 15 is 0 Å². The molecule has 1 aromatic heterocycles. The third-order valence-electron chi connectivity index (χ3n) is 4.32. The van der Waals surface area contributed by atoms with Gasteiger partial charge in [-0.25, -0.2) is 0 Å². The molecule has 1 aliphatic rings. The number of hydrogen-bond acceptors (Lipinski definition) is 3. The number of carbonyl (C=O) groups excluding carboxylic acids is 1. The van der Waals surface area contributed by atoms with Gasteiger partial charge in [0.15, 0.2) is 0 Å². The van der Waals surface area contributed by atoms with Crippen LogP contribution in [0.5, 0.6) is 0 Å². The number of carbonyl (C=O) groups is 1. The zero-order chi connectivity index (χ0) is 15.2. The van der Waals surface area contributed by atoms with Crippen LogP contribution in [0.3, 0.4) is 0 Å². The molecule has 0 aliphatic heterocycles. The van der Waals surface area contributed by atoms with Crippen LogP contribution in [-0.4, -0.2) is 34.9 Å². The minimum atomic E-state index is -0.0564. The molecule has 0 radical (unpaired) electrons. The summed E-state index contributed by atoms with van der Waals surface area (Å²) in [5, 5.41) is 3.21.